The van der Waals surface area contributed by atoms with Crippen LogP contribution >= 0.6 is 0 Å². The number of nitrogens with zero attached hydrogens (tertiary/aromatic N) is 3. The van der Waals surface area contributed by atoms with Crippen LogP contribution in [0, 0.1) is 11.3 Å². The maximum absolute atomic E-state index is 10.4. The molecule has 1 N–H and O–H groups in total. The van der Waals surface area contributed by atoms with Crippen LogP contribution in [-0.4, -0.2) is 59.6 Å². The first-order valence-electron chi connectivity index (χ1n) is 4.71. The lowest BCUT2D eigenvalue weighted by atomic mass is 10.2. The van der Waals surface area contributed by atoms with Crippen LogP contribution in [0.25, 0.3) is 0 Å². The molecule has 0 spiro atoms. The summed E-state index contributed by atoms with van der Waals surface area (Å²) < 4.78 is 0. The molecular weight excluding hydrogens is 182 g/mol. The predicted molar refractivity (Wildman–Crippen MR) is 50.7 cm³/mol. The summed E-state index contributed by atoms with van der Waals surface area (Å²) in [5, 5.41) is 17.3. The van der Waals surface area contributed by atoms with Crippen molar-refractivity contribution in [2.45, 2.75) is 13.0 Å². The molecule has 1 rings (SSSR count). The summed E-state index contributed by atoms with van der Waals surface area (Å²) in [6, 6.07) is 2.11. The van der Waals surface area contributed by atoms with Gasteiger partial charge in [-0.15, -0.1) is 0 Å². The fourth-order valence-corrected chi connectivity index (χ4v) is 1.58. The molecule has 0 saturated carbocycles. The number of rotatable bonds is 3. The van der Waals surface area contributed by atoms with Gasteiger partial charge in [0.2, 0.25) is 0 Å². The number of hydrogen-bond donors (Lipinski definition) is 1. The molecule has 1 fully saturated rings. The molecule has 0 radical (unpaired) electrons. The van der Waals surface area contributed by atoms with Gasteiger partial charge in [0, 0.05) is 26.2 Å². The highest BCUT2D eigenvalue weighted by Crippen LogP contribution is 2.04. The first-order valence-corrected chi connectivity index (χ1v) is 4.71. The molecule has 0 aliphatic carbocycles. The molecule has 5 nitrogen and oxygen atoms in total. The number of carboxylic acid groups (broad SMARTS) is 1. The van der Waals surface area contributed by atoms with Crippen molar-refractivity contribution in [3.05, 3.63) is 0 Å². The van der Waals surface area contributed by atoms with E-state index in [-0.39, 0.29) is 12.6 Å². The van der Waals surface area contributed by atoms with Gasteiger partial charge in [-0.2, -0.15) is 5.26 Å². The van der Waals surface area contributed by atoms with E-state index < -0.39 is 5.97 Å². The van der Waals surface area contributed by atoms with Gasteiger partial charge in [0.05, 0.1) is 18.7 Å². The van der Waals surface area contributed by atoms with Gasteiger partial charge in [-0.25, -0.2) is 0 Å². The molecule has 78 valence electrons. The Morgan fingerprint density at radius 2 is 2.07 bits per heavy atom. The fraction of sp³-hybridized carbons (Fsp3) is 0.778. The monoisotopic (exact) mass is 197 g/mol. The first-order chi connectivity index (χ1) is 6.63. The van der Waals surface area contributed by atoms with E-state index in [9.17, 15) is 4.79 Å². The topological polar surface area (TPSA) is 67.6 Å². The molecule has 1 unspecified atom stereocenters. The second-order valence-electron chi connectivity index (χ2n) is 3.51. The summed E-state index contributed by atoms with van der Waals surface area (Å²) in [7, 11) is 0. The molecule has 0 bridgehead atoms. The molecule has 14 heavy (non-hydrogen) atoms. The van der Waals surface area contributed by atoms with E-state index in [2.05, 4.69) is 11.0 Å². The minimum atomic E-state index is -0.785. The largest absolute Gasteiger partial charge is 0.480 e. The summed E-state index contributed by atoms with van der Waals surface area (Å²) in [6.45, 7) is 5.00. The third kappa shape index (κ3) is 2.98. The zero-order chi connectivity index (χ0) is 10.6. The van der Waals surface area contributed by atoms with Crippen LogP contribution in [0.5, 0.6) is 0 Å². The van der Waals surface area contributed by atoms with E-state index in [4.69, 9.17) is 10.4 Å². The summed E-state index contributed by atoms with van der Waals surface area (Å²) >= 11 is 0. The smallest absolute Gasteiger partial charge is 0.317 e. The Morgan fingerprint density at radius 3 is 2.50 bits per heavy atom. The van der Waals surface area contributed by atoms with Crippen LogP contribution in [0.3, 0.4) is 0 Å². The first kappa shape index (κ1) is 11.0. The molecular formula is C9H15N3O2. The summed E-state index contributed by atoms with van der Waals surface area (Å²) in [5.41, 5.74) is 0. The summed E-state index contributed by atoms with van der Waals surface area (Å²) in [6.07, 6.45) is 0. The number of piperazine rings is 1. The highest BCUT2D eigenvalue weighted by molar-refractivity contribution is 5.69. The van der Waals surface area contributed by atoms with Gasteiger partial charge in [0.1, 0.15) is 0 Å². The number of hydrogen-bond acceptors (Lipinski definition) is 4. The number of carbonyl (C=O) groups is 1. The van der Waals surface area contributed by atoms with Crippen LogP contribution in [0.4, 0.5) is 0 Å². The van der Waals surface area contributed by atoms with Crippen LogP contribution < -0.4 is 0 Å². The van der Waals surface area contributed by atoms with E-state index in [1.54, 1.807) is 0 Å². The molecule has 1 saturated heterocycles. The number of carboxylic acids is 1. The van der Waals surface area contributed by atoms with Crippen molar-refractivity contribution in [2.75, 3.05) is 32.7 Å². The van der Waals surface area contributed by atoms with Crippen molar-refractivity contribution in [1.82, 2.24) is 9.80 Å². The lowest BCUT2D eigenvalue weighted by molar-refractivity contribution is -0.138. The van der Waals surface area contributed by atoms with Gasteiger partial charge in [0.15, 0.2) is 0 Å². The third-order valence-electron chi connectivity index (χ3n) is 2.50. The van der Waals surface area contributed by atoms with E-state index in [0.717, 1.165) is 26.2 Å². The normalized spacial score (nSPS) is 21.4. The summed E-state index contributed by atoms with van der Waals surface area (Å²) in [4.78, 5) is 14.4. The molecule has 0 aromatic heterocycles. The highest BCUT2D eigenvalue weighted by atomic mass is 16.4. The minimum absolute atomic E-state index is 0.0676. The molecule has 1 atom stereocenters. The quantitative estimate of drug-likeness (QED) is 0.666. The van der Waals surface area contributed by atoms with Crippen LogP contribution in [-0.2, 0) is 4.79 Å². The third-order valence-corrected chi connectivity index (χ3v) is 2.50. The maximum atomic E-state index is 10.4. The Hall–Kier alpha value is -1.12. The lowest BCUT2D eigenvalue weighted by Crippen LogP contribution is -2.50. The van der Waals surface area contributed by atoms with E-state index in [1.807, 2.05) is 11.8 Å². The fourth-order valence-electron chi connectivity index (χ4n) is 1.58. The van der Waals surface area contributed by atoms with Crippen molar-refractivity contribution in [3.8, 4) is 6.07 Å². The van der Waals surface area contributed by atoms with Gasteiger partial charge >= 0.3 is 5.97 Å². The van der Waals surface area contributed by atoms with Crippen LogP contribution in [0.1, 0.15) is 6.92 Å². The van der Waals surface area contributed by atoms with Crippen molar-refractivity contribution in [1.29, 1.82) is 5.26 Å². The zero-order valence-corrected chi connectivity index (χ0v) is 8.31. The Kier molecular flexibility index (Phi) is 3.86. The van der Waals surface area contributed by atoms with Crippen LogP contribution in [0.15, 0.2) is 0 Å². The SMILES string of the molecule is CC(C#N)N1CCN(CC(=O)O)CC1. The second kappa shape index (κ2) is 4.94. The predicted octanol–water partition coefficient (Wildman–Crippen LogP) is -0.399. The summed E-state index contributed by atoms with van der Waals surface area (Å²) in [5.74, 6) is -0.785. The number of aliphatic carboxylic acids is 1. The Bertz CT molecular complexity index is 241. The van der Waals surface area contributed by atoms with Crippen molar-refractivity contribution >= 4 is 5.97 Å². The Morgan fingerprint density at radius 1 is 1.50 bits per heavy atom. The van der Waals surface area contributed by atoms with Gasteiger partial charge in [-0.1, -0.05) is 0 Å². The maximum Gasteiger partial charge on any atom is 0.317 e. The zero-order valence-electron chi connectivity index (χ0n) is 8.31. The van der Waals surface area contributed by atoms with Gasteiger partial charge in [-0.3, -0.25) is 14.6 Å². The van der Waals surface area contributed by atoms with E-state index >= 15 is 0 Å². The molecule has 5 heteroatoms. The molecule has 1 heterocycles. The highest BCUT2D eigenvalue weighted by Gasteiger charge is 2.21. The molecule has 0 amide bonds. The van der Waals surface area contributed by atoms with E-state index in [1.165, 1.54) is 0 Å². The molecule has 0 aromatic rings. The second-order valence-corrected chi connectivity index (χ2v) is 3.51. The minimum Gasteiger partial charge on any atom is -0.480 e. The van der Waals surface area contributed by atoms with Gasteiger partial charge in [-0.05, 0) is 6.92 Å². The van der Waals surface area contributed by atoms with Crippen molar-refractivity contribution in [2.24, 2.45) is 0 Å². The lowest BCUT2D eigenvalue weighted by Gasteiger charge is -2.34. The Labute approximate surface area is 83.5 Å². The van der Waals surface area contributed by atoms with Crippen molar-refractivity contribution < 1.29 is 9.90 Å². The average molecular weight is 197 g/mol. The van der Waals surface area contributed by atoms with Crippen LogP contribution in [0.2, 0.25) is 0 Å². The molecule has 1 aliphatic heterocycles. The Balaban J connectivity index is 2.32. The van der Waals surface area contributed by atoms with Gasteiger partial charge in [0.25, 0.3) is 0 Å². The van der Waals surface area contributed by atoms with Crippen molar-refractivity contribution in [3.63, 3.8) is 0 Å². The standard InChI is InChI=1S/C9H15N3O2/c1-8(6-10)12-4-2-11(3-5-12)7-9(13)14/h8H,2-5,7H2,1H3,(H,13,14). The van der Waals surface area contributed by atoms with E-state index in [0.29, 0.717) is 0 Å². The molecule has 1 aliphatic rings. The molecule has 0 aromatic carbocycles. The number of nitriles is 1. The average Bonchev–Trinajstić information content (AvgIpc) is 2.17. The van der Waals surface area contributed by atoms with Gasteiger partial charge < -0.3 is 5.11 Å².